The molecule has 2 aromatic rings. The van der Waals surface area contributed by atoms with Crippen LogP contribution in [0, 0.1) is 0 Å². The molecule has 1 atom stereocenters. The highest BCUT2D eigenvalue weighted by Gasteiger charge is 2.27. The van der Waals surface area contributed by atoms with Crippen LogP contribution in [-0.2, 0) is 5.60 Å². The Kier molecular flexibility index (Phi) is 3.27. The summed E-state index contributed by atoms with van der Waals surface area (Å²) in [5.41, 5.74) is 0.154. The van der Waals surface area contributed by atoms with Crippen LogP contribution < -0.4 is 0 Å². The molecule has 1 aromatic heterocycles. The molecule has 3 heteroatoms. The average molecular weight is 246 g/mol. The van der Waals surface area contributed by atoms with Crippen LogP contribution in [0.3, 0.4) is 0 Å². The highest BCUT2D eigenvalue weighted by atomic mass is 35.5. The van der Waals surface area contributed by atoms with Crippen LogP contribution in [0.1, 0.15) is 11.1 Å². The number of halogens is 1. The van der Waals surface area contributed by atoms with E-state index in [0.717, 1.165) is 0 Å². The molecule has 0 saturated carbocycles. The number of hydrogen-bond donors (Lipinski definition) is 1. The summed E-state index contributed by atoms with van der Waals surface area (Å²) >= 11 is 5.83. The maximum Gasteiger partial charge on any atom is 0.134 e. The molecule has 2 nitrogen and oxygen atoms in total. The predicted octanol–water partition coefficient (Wildman–Crippen LogP) is 3.16. The van der Waals surface area contributed by atoms with Gasteiger partial charge in [0.2, 0.25) is 0 Å². The lowest BCUT2D eigenvalue weighted by Crippen LogP contribution is -2.24. The summed E-state index contributed by atoms with van der Waals surface area (Å²) in [6.45, 7) is 3.70. The van der Waals surface area contributed by atoms with Gasteiger partial charge in [0.25, 0.3) is 0 Å². The summed E-state index contributed by atoms with van der Waals surface area (Å²) in [6.07, 6.45) is 4.78. The van der Waals surface area contributed by atoms with E-state index < -0.39 is 5.60 Å². The van der Waals surface area contributed by atoms with Gasteiger partial charge in [0.05, 0.1) is 0 Å². The molecular formula is C14H12ClNO. The Bertz CT molecular complexity index is 510. The van der Waals surface area contributed by atoms with E-state index in [1.54, 1.807) is 42.7 Å². The van der Waals surface area contributed by atoms with Crippen LogP contribution in [0.2, 0.25) is 5.02 Å². The predicted molar refractivity (Wildman–Crippen MR) is 68.9 cm³/mol. The van der Waals surface area contributed by atoms with E-state index in [9.17, 15) is 5.11 Å². The zero-order valence-electron chi connectivity index (χ0n) is 9.18. The number of benzene rings is 1. The van der Waals surface area contributed by atoms with Crippen molar-refractivity contribution in [2.24, 2.45) is 0 Å². The number of aliphatic hydroxyl groups is 1. The first-order valence-electron chi connectivity index (χ1n) is 5.19. The minimum atomic E-state index is -1.24. The molecule has 0 aliphatic carbocycles. The molecule has 0 aliphatic heterocycles. The molecule has 2 rings (SSSR count). The Hall–Kier alpha value is -1.64. The molecule has 0 aliphatic rings. The van der Waals surface area contributed by atoms with Crippen LogP contribution in [0.25, 0.3) is 0 Å². The normalized spacial score (nSPS) is 14.0. The summed E-state index contributed by atoms with van der Waals surface area (Å²) in [5.74, 6) is 0. The minimum Gasteiger partial charge on any atom is -0.377 e. The number of rotatable bonds is 3. The highest BCUT2D eigenvalue weighted by Crippen LogP contribution is 2.30. The molecule has 17 heavy (non-hydrogen) atoms. The molecule has 0 spiro atoms. The van der Waals surface area contributed by atoms with Gasteiger partial charge in [0, 0.05) is 23.0 Å². The van der Waals surface area contributed by atoms with E-state index >= 15 is 0 Å². The summed E-state index contributed by atoms with van der Waals surface area (Å²) in [6, 6.07) is 10.6. The number of aromatic nitrogens is 1. The zero-order chi connectivity index (χ0) is 12.3. The number of pyridine rings is 1. The maximum absolute atomic E-state index is 10.7. The summed E-state index contributed by atoms with van der Waals surface area (Å²) in [7, 11) is 0. The molecule has 0 fully saturated rings. The van der Waals surface area contributed by atoms with Crippen molar-refractivity contribution < 1.29 is 5.11 Å². The molecule has 1 N–H and O–H groups in total. The Morgan fingerprint density at radius 2 is 1.88 bits per heavy atom. The van der Waals surface area contributed by atoms with Crippen molar-refractivity contribution in [3.05, 3.63) is 77.6 Å². The van der Waals surface area contributed by atoms with E-state index in [1.807, 2.05) is 6.07 Å². The monoisotopic (exact) mass is 245 g/mol. The Balaban J connectivity index is 2.51. The molecule has 0 unspecified atom stereocenters. The first-order chi connectivity index (χ1) is 8.16. The lowest BCUT2D eigenvalue weighted by molar-refractivity contribution is 0.134. The van der Waals surface area contributed by atoms with Crippen molar-refractivity contribution in [1.82, 2.24) is 4.98 Å². The van der Waals surface area contributed by atoms with Gasteiger partial charge in [-0.3, -0.25) is 4.98 Å². The molecule has 0 bridgehead atoms. The molecule has 1 heterocycles. The van der Waals surface area contributed by atoms with Gasteiger partial charge >= 0.3 is 0 Å². The second-order valence-electron chi connectivity index (χ2n) is 3.72. The van der Waals surface area contributed by atoms with Gasteiger partial charge in [0.1, 0.15) is 5.60 Å². The van der Waals surface area contributed by atoms with Gasteiger partial charge in [-0.25, -0.2) is 0 Å². The Morgan fingerprint density at radius 3 is 2.41 bits per heavy atom. The third-order valence-electron chi connectivity index (χ3n) is 2.68. The molecule has 0 amide bonds. The number of nitrogens with zero attached hydrogens (tertiary/aromatic N) is 1. The smallest absolute Gasteiger partial charge is 0.134 e. The van der Waals surface area contributed by atoms with Gasteiger partial charge < -0.3 is 5.11 Å². The van der Waals surface area contributed by atoms with Crippen LogP contribution in [0.5, 0.6) is 0 Å². The quantitative estimate of drug-likeness (QED) is 0.843. The van der Waals surface area contributed by atoms with Crippen molar-refractivity contribution >= 4 is 11.6 Å². The third-order valence-corrected chi connectivity index (χ3v) is 2.93. The van der Waals surface area contributed by atoms with E-state index in [2.05, 4.69) is 11.6 Å². The lowest BCUT2D eigenvalue weighted by atomic mass is 9.87. The Labute approximate surface area is 105 Å². The van der Waals surface area contributed by atoms with Gasteiger partial charge in [-0.1, -0.05) is 42.5 Å². The summed E-state index contributed by atoms with van der Waals surface area (Å²) in [5, 5.41) is 11.3. The fraction of sp³-hybridized carbons (Fsp3) is 0.0714. The lowest BCUT2D eigenvalue weighted by Gasteiger charge is -2.25. The zero-order valence-corrected chi connectivity index (χ0v) is 9.93. The average Bonchev–Trinajstić information content (AvgIpc) is 2.40. The van der Waals surface area contributed by atoms with Crippen molar-refractivity contribution in [1.29, 1.82) is 0 Å². The maximum atomic E-state index is 10.7. The molecule has 1 aromatic carbocycles. The second-order valence-corrected chi connectivity index (χ2v) is 4.16. The largest absolute Gasteiger partial charge is 0.377 e. The van der Waals surface area contributed by atoms with Crippen molar-refractivity contribution in [2.45, 2.75) is 5.60 Å². The topological polar surface area (TPSA) is 33.1 Å². The van der Waals surface area contributed by atoms with Crippen LogP contribution in [0.4, 0.5) is 0 Å². The summed E-state index contributed by atoms with van der Waals surface area (Å²) < 4.78 is 0. The first-order valence-corrected chi connectivity index (χ1v) is 5.57. The van der Waals surface area contributed by atoms with Crippen LogP contribution >= 0.6 is 11.6 Å². The van der Waals surface area contributed by atoms with Gasteiger partial charge in [0.15, 0.2) is 0 Å². The number of hydrogen-bond acceptors (Lipinski definition) is 2. The van der Waals surface area contributed by atoms with E-state index in [0.29, 0.717) is 16.1 Å². The fourth-order valence-corrected chi connectivity index (χ4v) is 1.82. The first kappa shape index (κ1) is 11.8. The van der Waals surface area contributed by atoms with Crippen molar-refractivity contribution in [3.63, 3.8) is 0 Å². The highest BCUT2D eigenvalue weighted by molar-refractivity contribution is 6.30. The van der Waals surface area contributed by atoms with Crippen LogP contribution in [0.15, 0.2) is 61.4 Å². The molecule has 0 saturated heterocycles. The van der Waals surface area contributed by atoms with E-state index in [4.69, 9.17) is 11.6 Å². The minimum absolute atomic E-state index is 0.631. The van der Waals surface area contributed by atoms with Crippen molar-refractivity contribution in [3.8, 4) is 0 Å². The summed E-state index contributed by atoms with van der Waals surface area (Å²) in [4.78, 5) is 4.01. The van der Waals surface area contributed by atoms with E-state index in [1.165, 1.54) is 6.08 Å². The molecule has 86 valence electrons. The van der Waals surface area contributed by atoms with Gasteiger partial charge in [-0.05, 0) is 23.8 Å². The second kappa shape index (κ2) is 4.70. The molecular weight excluding hydrogens is 234 g/mol. The van der Waals surface area contributed by atoms with Gasteiger partial charge in [-0.2, -0.15) is 0 Å². The van der Waals surface area contributed by atoms with Crippen molar-refractivity contribution in [2.75, 3.05) is 0 Å². The fourth-order valence-electron chi connectivity index (χ4n) is 1.69. The van der Waals surface area contributed by atoms with Gasteiger partial charge in [-0.15, -0.1) is 0 Å². The standard InChI is InChI=1S/C14H12ClNO/c1-2-14(17,12-4-3-9-16-10-12)11-5-7-13(15)8-6-11/h2-10,17H,1H2/t14-/m0/s1. The Morgan fingerprint density at radius 1 is 1.18 bits per heavy atom. The SMILES string of the molecule is C=C[C@](O)(c1ccc(Cl)cc1)c1cccnc1. The van der Waals surface area contributed by atoms with Crippen LogP contribution in [-0.4, -0.2) is 10.1 Å². The third kappa shape index (κ3) is 2.23. The molecule has 0 radical (unpaired) electrons. The van der Waals surface area contributed by atoms with E-state index in [-0.39, 0.29) is 0 Å².